The lowest BCUT2D eigenvalue weighted by Crippen LogP contribution is -2.40. The SMILES string of the molecule is CC(=O)N(CCC(=O)N1CCC(C)CC1)c1ccccc1Cl. The van der Waals surface area contributed by atoms with Crippen LogP contribution in [0.2, 0.25) is 5.02 Å². The molecule has 2 rings (SSSR count). The molecule has 1 aliphatic rings. The molecule has 1 aliphatic heterocycles. The number of hydrogen-bond donors (Lipinski definition) is 0. The van der Waals surface area contributed by atoms with Crippen LogP contribution in [0.15, 0.2) is 24.3 Å². The summed E-state index contributed by atoms with van der Waals surface area (Å²) in [6, 6.07) is 7.21. The average molecular weight is 323 g/mol. The zero-order chi connectivity index (χ0) is 16.1. The second-order valence-corrected chi connectivity index (χ2v) is 6.34. The Morgan fingerprint density at radius 1 is 1.27 bits per heavy atom. The van der Waals surface area contributed by atoms with E-state index in [4.69, 9.17) is 11.6 Å². The molecule has 5 heteroatoms. The summed E-state index contributed by atoms with van der Waals surface area (Å²) < 4.78 is 0. The van der Waals surface area contributed by atoms with E-state index < -0.39 is 0 Å². The number of carbonyl (C=O) groups excluding carboxylic acids is 2. The van der Waals surface area contributed by atoms with Crippen molar-refractivity contribution in [2.24, 2.45) is 5.92 Å². The fourth-order valence-corrected chi connectivity index (χ4v) is 2.98. The van der Waals surface area contributed by atoms with Crippen molar-refractivity contribution in [2.45, 2.75) is 33.1 Å². The monoisotopic (exact) mass is 322 g/mol. The molecule has 22 heavy (non-hydrogen) atoms. The summed E-state index contributed by atoms with van der Waals surface area (Å²) >= 11 is 6.15. The zero-order valence-corrected chi connectivity index (χ0v) is 14.0. The molecule has 1 fully saturated rings. The molecule has 0 radical (unpaired) electrons. The lowest BCUT2D eigenvalue weighted by atomic mass is 9.99. The molecule has 0 aliphatic carbocycles. The fourth-order valence-electron chi connectivity index (χ4n) is 2.74. The van der Waals surface area contributed by atoms with Gasteiger partial charge in [0, 0.05) is 33.0 Å². The molecule has 1 aromatic rings. The standard InChI is InChI=1S/C17H23ClN2O2/c1-13-7-10-19(11-8-13)17(22)9-12-20(14(2)21)16-6-4-3-5-15(16)18/h3-6,13H,7-12H2,1-2H3. The van der Waals surface area contributed by atoms with Crippen LogP contribution in [0, 0.1) is 5.92 Å². The largest absolute Gasteiger partial charge is 0.343 e. The maximum Gasteiger partial charge on any atom is 0.224 e. The lowest BCUT2D eigenvalue weighted by molar-refractivity contribution is -0.132. The Labute approximate surface area is 137 Å². The van der Waals surface area contributed by atoms with Crippen molar-refractivity contribution < 1.29 is 9.59 Å². The molecule has 0 unspecified atom stereocenters. The molecule has 0 bridgehead atoms. The van der Waals surface area contributed by atoms with Crippen molar-refractivity contribution in [3.8, 4) is 0 Å². The van der Waals surface area contributed by atoms with Crippen molar-refractivity contribution in [3.63, 3.8) is 0 Å². The van der Waals surface area contributed by atoms with Crippen LogP contribution >= 0.6 is 11.6 Å². The van der Waals surface area contributed by atoms with Crippen molar-refractivity contribution in [1.82, 2.24) is 4.90 Å². The van der Waals surface area contributed by atoms with E-state index in [9.17, 15) is 9.59 Å². The number of benzene rings is 1. The van der Waals surface area contributed by atoms with Crippen LogP contribution in [-0.4, -0.2) is 36.3 Å². The molecule has 0 N–H and O–H groups in total. The van der Waals surface area contributed by atoms with Gasteiger partial charge in [-0.05, 0) is 30.9 Å². The van der Waals surface area contributed by atoms with E-state index in [1.54, 1.807) is 17.0 Å². The first kappa shape index (κ1) is 16.8. The van der Waals surface area contributed by atoms with Gasteiger partial charge in [-0.15, -0.1) is 0 Å². The van der Waals surface area contributed by atoms with E-state index in [-0.39, 0.29) is 11.8 Å². The second kappa shape index (κ2) is 7.63. The van der Waals surface area contributed by atoms with E-state index in [0.717, 1.165) is 25.9 Å². The van der Waals surface area contributed by atoms with Crippen LogP contribution in [-0.2, 0) is 9.59 Å². The van der Waals surface area contributed by atoms with Gasteiger partial charge in [-0.3, -0.25) is 9.59 Å². The first-order valence-corrected chi connectivity index (χ1v) is 8.17. The molecule has 1 heterocycles. The normalized spacial score (nSPS) is 15.7. The first-order valence-electron chi connectivity index (χ1n) is 7.79. The molecule has 1 saturated heterocycles. The number of para-hydroxylation sites is 1. The number of rotatable bonds is 4. The highest BCUT2D eigenvalue weighted by atomic mass is 35.5. The predicted molar refractivity (Wildman–Crippen MR) is 89.1 cm³/mol. The molecule has 4 nitrogen and oxygen atoms in total. The van der Waals surface area contributed by atoms with Crippen LogP contribution in [0.1, 0.15) is 33.1 Å². The smallest absolute Gasteiger partial charge is 0.224 e. The van der Waals surface area contributed by atoms with Crippen molar-refractivity contribution >= 4 is 29.1 Å². The molecular formula is C17H23ClN2O2. The van der Waals surface area contributed by atoms with E-state index in [2.05, 4.69) is 6.92 Å². The Balaban J connectivity index is 1.96. The Hall–Kier alpha value is -1.55. The van der Waals surface area contributed by atoms with Gasteiger partial charge in [0.05, 0.1) is 10.7 Å². The highest BCUT2D eigenvalue weighted by Gasteiger charge is 2.22. The van der Waals surface area contributed by atoms with E-state index in [0.29, 0.717) is 29.6 Å². The summed E-state index contributed by atoms with van der Waals surface area (Å²) in [4.78, 5) is 27.7. The second-order valence-electron chi connectivity index (χ2n) is 5.94. The van der Waals surface area contributed by atoms with Gasteiger partial charge < -0.3 is 9.80 Å². The zero-order valence-electron chi connectivity index (χ0n) is 13.2. The molecule has 120 valence electrons. The van der Waals surface area contributed by atoms with Gasteiger partial charge >= 0.3 is 0 Å². The first-order chi connectivity index (χ1) is 10.5. The quantitative estimate of drug-likeness (QED) is 0.853. The third-order valence-electron chi connectivity index (χ3n) is 4.21. The number of anilines is 1. The maximum absolute atomic E-state index is 12.3. The molecule has 2 amide bonds. The van der Waals surface area contributed by atoms with Crippen LogP contribution in [0.3, 0.4) is 0 Å². The fraction of sp³-hybridized carbons (Fsp3) is 0.529. The third kappa shape index (κ3) is 4.23. The molecule has 0 aromatic heterocycles. The number of halogens is 1. The maximum atomic E-state index is 12.3. The molecule has 0 spiro atoms. The predicted octanol–water partition coefficient (Wildman–Crippen LogP) is 3.34. The minimum Gasteiger partial charge on any atom is -0.343 e. The summed E-state index contributed by atoms with van der Waals surface area (Å²) in [6.45, 7) is 5.73. The van der Waals surface area contributed by atoms with Gasteiger partial charge in [0.2, 0.25) is 11.8 Å². The molecule has 1 aromatic carbocycles. The van der Waals surface area contributed by atoms with E-state index >= 15 is 0 Å². The number of carbonyl (C=O) groups is 2. The number of nitrogens with zero attached hydrogens (tertiary/aromatic N) is 2. The average Bonchev–Trinajstić information content (AvgIpc) is 2.49. The van der Waals surface area contributed by atoms with E-state index in [1.807, 2.05) is 17.0 Å². The Kier molecular flexibility index (Phi) is 5.83. The molecule has 0 saturated carbocycles. The van der Waals surface area contributed by atoms with Crippen LogP contribution in [0.5, 0.6) is 0 Å². The van der Waals surface area contributed by atoms with Crippen LogP contribution in [0.25, 0.3) is 0 Å². The summed E-state index contributed by atoms with van der Waals surface area (Å²) in [7, 11) is 0. The summed E-state index contributed by atoms with van der Waals surface area (Å²) in [6.07, 6.45) is 2.46. The topological polar surface area (TPSA) is 40.6 Å². The Morgan fingerprint density at radius 2 is 1.91 bits per heavy atom. The van der Waals surface area contributed by atoms with Crippen LogP contribution < -0.4 is 4.90 Å². The van der Waals surface area contributed by atoms with Gasteiger partial charge in [0.15, 0.2) is 0 Å². The number of piperidine rings is 1. The number of amides is 2. The molecule has 0 atom stereocenters. The lowest BCUT2D eigenvalue weighted by Gasteiger charge is -2.31. The van der Waals surface area contributed by atoms with Crippen LogP contribution in [0.4, 0.5) is 5.69 Å². The van der Waals surface area contributed by atoms with Gasteiger partial charge in [-0.25, -0.2) is 0 Å². The Bertz CT molecular complexity index is 539. The van der Waals surface area contributed by atoms with Crippen molar-refractivity contribution in [2.75, 3.05) is 24.5 Å². The molecular weight excluding hydrogens is 300 g/mol. The van der Waals surface area contributed by atoms with Crippen molar-refractivity contribution in [3.05, 3.63) is 29.3 Å². The third-order valence-corrected chi connectivity index (χ3v) is 4.53. The summed E-state index contributed by atoms with van der Waals surface area (Å²) in [5.74, 6) is 0.708. The summed E-state index contributed by atoms with van der Waals surface area (Å²) in [5, 5.41) is 0.525. The summed E-state index contributed by atoms with van der Waals surface area (Å²) in [5.41, 5.74) is 0.664. The van der Waals surface area contributed by atoms with Gasteiger partial charge in [0.25, 0.3) is 0 Å². The minimum atomic E-state index is -0.104. The van der Waals surface area contributed by atoms with E-state index in [1.165, 1.54) is 6.92 Å². The highest BCUT2D eigenvalue weighted by molar-refractivity contribution is 6.33. The minimum absolute atomic E-state index is 0.104. The van der Waals surface area contributed by atoms with Gasteiger partial charge in [0.1, 0.15) is 0 Å². The number of likely N-dealkylation sites (tertiary alicyclic amines) is 1. The van der Waals surface area contributed by atoms with Gasteiger partial charge in [-0.2, -0.15) is 0 Å². The van der Waals surface area contributed by atoms with Crippen molar-refractivity contribution in [1.29, 1.82) is 0 Å². The number of hydrogen-bond acceptors (Lipinski definition) is 2. The Morgan fingerprint density at radius 3 is 2.50 bits per heavy atom. The van der Waals surface area contributed by atoms with Gasteiger partial charge in [-0.1, -0.05) is 30.7 Å². The highest BCUT2D eigenvalue weighted by Crippen LogP contribution is 2.25.